The van der Waals surface area contributed by atoms with Gasteiger partial charge < -0.3 is 21.1 Å². The Balaban J connectivity index is 1.24. The molecule has 41 heavy (non-hydrogen) atoms. The lowest BCUT2D eigenvalue weighted by atomic mass is 9.72. The van der Waals surface area contributed by atoms with Gasteiger partial charge in [-0.25, -0.2) is 12.8 Å². The molecule has 4 fully saturated rings. The molecule has 2 aliphatic carbocycles. The minimum atomic E-state index is -3.22. The van der Waals surface area contributed by atoms with Crippen LogP contribution in [0.4, 0.5) is 4.39 Å². The van der Waals surface area contributed by atoms with E-state index in [-0.39, 0.29) is 53.5 Å². The van der Waals surface area contributed by atoms with Crippen molar-refractivity contribution in [2.24, 2.45) is 17.6 Å². The molecule has 230 valence electrons. The quantitative estimate of drug-likeness (QED) is 0.403. The normalized spacial score (nSPS) is 35.1. The van der Waals surface area contributed by atoms with Crippen molar-refractivity contribution < 1.29 is 22.3 Å². The molecule has 1 aromatic rings. The van der Waals surface area contributed by atoms with Crippen LogP contribution in [0.1, 0.15) is 88.5 Å². The molecule has 4 N–H and O–H groups in total. The second kappa shape index (κ2) is 13.8. The third-order valence-corrected chi connectivity index (χ3v) is 12.3. The Kier molecular flexibility index (Phi) is 10.4. The number of sulfonamides is 1. The zero-order chi connectivity index (χ0) is 29.0. The lowest BCUT2D eigenvalue weighted by Crippen LogP contribution is -2.57. The number of hydrogen-bond donors (Lipinski definition) is 3. The van der Waals surface area contributed by atoms with Gasteiger partial charge in [0.15, 0.2) is 0 Å². The van der Waals surface area contributed by atoms with E-state index < -0.39 is 16.1 Å². The van der Waals surface area contributed by atoms with E-state index in [9.17, 15) is 17.6 Å². The largest absolute Gasteiger partial charge is 0.381 e. The summed E-state index contributed by atoms with van der Waals surface area (Å²) >= 11 is 0. The molecule has 1 aromatic carbocycles. The van der Waals surface area contributed by atoms with Gasteiger partial charge in [0.1, 0.15) is 5.82 Å². The maximum atomic E-state index is 13.8. The van der Waals surface area contributed by atoms with Crippen molar-refractivity contribution in [1.82, 2.24) is 14.9 Å². The number of nitrogens with one attached hydrogen (secondary N) is 2. The highest BCUT2D eigenvalue weighted by Crippen LogP contribution is 2.39. The van der Waals surface area contributed by atoms with Crippen molar-refractivity contribution in [3.05, 3.63) is 35.6 Å². The van der Waals surface area contributed by atoms with E-state index in [2.05, 4.69) is 10.6 Å². The van der Waals surface area contributed by atoms with E-state index in [0.29, 0.717) is 25.4 Å². The number of nitrogens with zero attached hydrogens (tertiary/aromatic N) is 1. The van der Waals surface area contributed by atoms with Gasteiger partial charge in [-0.1, -0.05) is 25.0 Å². The van der Waals surface area contributed by atoms with Crippen LogP contribution in [-0.2, 0) is 19.6 Å². The van der Waals surface area contributed by atoms with Gasteiger partial charge >= 0.3 is 0 Å². The molecule has 2 heterocycles. The molecule has 2 saturated heterocycles. The lowest BCUT2D eigenvalue weighted by Gasteiger charge is -2.40. The molecule has 1 unspecified atom stereocenters. The first-order chi connectivity index (χ1) is 19.7. The van der Waals surface area contributed by atoms with Crippen LogP contribution in [0, 0.1) is 17.7 Å². The zero-order valence-corrected chi connectivity index (χ0v) is 25.3. The Morgan fingerprint density at radius 3 is 2.54 bits per heavy atom. The number of rotatable bonds is 9. The van der Waals surface area contributed by atoms with Crippen molar-refractivity contribution in [2.45, 2.75) is 113 Å². The van der Waals surface area contributed by atoms with Crippen LogP contribution in [0.2, 0.25) is 0 Å². The summed E-state index contributed by atoms with van der Waals surface area (Å²) in [6.07, 6.45) is 11.4. The van der Waals surface area contributed by atoms with Gasteiger partial charge in [0.2, 0.25) is 15.9 Å². The number of hydrogen-bond acceptors (Lipinski definition) is 6. The number of methoxy groups -OCH3 is 1. The van der Waals surface area contributed by atoms with Crippen LogP contribution in [0.15, 0.2) is 24.3 Å². The van der Waals surface area contributed by atoms with Gasteiger partial charge in [-0.2, -0.15) is 4.31 Å². The first-order valence-electron chi connectivity index (χ1n) is 15.8. The molecular formula is C31H49FN4O4S. The minimum Gasteiger partial charge on any atom is -0.381 e. The topological polar surface area (TPSA) is 114 Å². The molecule has 0 spiro atoms. The van der Waals surface area contributed by atoms with Crippen LogP contribution in [0.25, 0.3) is 0 Å². The third-order valence-electron chi connectivity index (χ3n) is 10.4. The number of carbonyl (C=O) groups is 1. The Hall–Kier alpha value is -1.59. The Morgan fingerprint density at radius 1 is 1.07 bits per heavy atom. The predicted molar refractivity (Wildman–Crippen MR) is 158 cm³/mol. The molecule has 0 radical (unpaired) electrons. The van der Waals surface area contributed by atoms with E-state index in [1.54, 1.807) is 23.5 Å². The first-order valence-corrected chi connectivity index (χ1v) is 17.4. The fourth-order valence-electron chi connectivity index (χ4n) is 7.98. The number of fused-ring (bicyclic) bond motifs is 2. The standard InChI is InChI=1S/C31H49FN4O4S/c1-40-27-16-11-23(12-17-27)29(22-8-13-24(32)14-9-22)30(33)31(37)35-28-7-3-2-5-21(28)10-15-26-19-34-25-6-4-18-41(38,39)36(26)20-25/h8-9,13-14,21,23,25-30,34H,2-7,10-12,15-20,33H2,1H3,(H,35,37)/t21-,23?,25-,26+,27?,28+,29+,30+/m1/s1. The van der Waals surface area contributed by atoms with Gasteiger partial charge in [-0.15, -0.1) is 0 Å². The van der Waals surface area contributed by atoms with Crippen LogP contribution < -0.4 is 16.4 Å². The Labute approximate surface area is 245 Å². The summed E-state index contributed by atoms with van der Waals surface area (Å²) in [6.45, 7) is 1.27. The number of amides is 1. The third kappa shape index (κ3) is 7.50. The number of nitrogens with two attached hydrogens (primary N) is 1. The molecule has 5 rings (SSSR count). The maximum absolute atomic E-state index is 13.8. The van der Waals surface area contributed by atoms with Gasteiger partial charge in [-0.05, 0) is 93.7 Å². The number of halogens is 1. The predicted octanol–water partition coefficient (Wildman–Crippen LogP) is 3.66. The van der Waals surface area contributed by atoms with E-state index in [1.165, 1.54) is 12.1 Å². The molecule has 2 bridgehead atoms. The summed E-state index contributed by atoms with van der Waals surface area (Å²) in [5.41, 5.74) is 7.68. The van der Waals surface area contributed by atoms with Crippen LogP contribution in [-0.4, -0.2) is 74.9 Å². The average Bonchev–Trinajstić information content (AvgIpc) is 3.09. The number of carbonyl (C=O) groups excluding carboxylic acids is 1. The van der Waals surface area contributed by atoms with Gasteiger partial charge in [0, 0.05) is 44.2 Å². The van der Waals surface area contributed by atoms with E-state index in [4.69, 9.17) is 10.5 Å². The SMILES string of the molecule is COC1CCC([C@H](c2ccc(F)cc2)[C@H](N)C(=O)N[C@H]2CCCC[C@@H]2CC[C@H]2CN[C@@H]3CCCS(=O)(=O)N2C3)CC1. The summed E-state index contributed by atoms with van der Waals surface area (Å²) < 4.78 is 46.9. The molecular weight excluding hydrogens is 543 g/mol. The molecule has 2 aliphatic heterocycles. The summed E-state index contributed by atoms with van der Waals surface area (Å²) in [7, 11) is -1.47. The average molecular weight is 593 g/mol. The van der Waals surface area contributed by atoms with Crippen molar-refractivity contribution in [3.8, 4) is 0 Å². The highest BCUT2D eigenvalue weighted by Gasteiger charge is 2.40. The van der Waals surface area contributed by atoms with Crippen LogP contribution in [0.5, 0.6) is 0 Å². The first kappa shape index (κ1) is 30.9. The Morgan fingerprint density at radius 2 is 1.80 bits per heavy atom. The molecule has 10 heteroatoms. The Bertz CT molecular complexity index is 1110. The van der Waals surface area contributed by atoms with Gasteiger partial charge in [-0.3, -0.25) is 4.79 Å². The summed E-state index contributed by atoms with van der Waals surface area (Å²) in [5.74, 6) is 0.147. The molecule has 2 saturated carbocycles. The molecule has 8 nitrogen and oxygen atoms in total. The van der Waals surface area contributed by atoms with Gasteiger partial charge in [0.25, 0.3) is 0 Å². The van der Waals surface area contributed by atoms with E-state index in [0.717, 1.165) is 76.2 Å². The van der Waals surface area contributed by atoms with Crippen molar-refractivity contribution in [1.29, 1.82) is 0 Å². The van der Waals surface area contributed by atoms with Crippen LogP contribution in [0.3, 0.4) is 0 Å². The van der Waals surface area contributed by atoms with Crippen molar-refractivity contribution in [2.75, 3.05) is 26.0 Å². The van der Waals surface area contributed by atoms with Gasteiger partial charge in [0.05, 0.1) is 17.9 Å². The van der Waals surface area contributed by atoms with E-state index >= 15 is 0 Å². The molecule has 0 aromatic heterocycles. The molecule has 7 atom stereocenters. The monoisotopic (exact) mass is 592 g/mol. The fourth-order valence-corrected chi connectivity index (χ4v) is 9.78. The summed E-state index contributed by atoms with van der Waals surface area (Å²) in [4.78, 5) is 13.7. The number of benzene rings is 1. The number of piperazine rings is 1. The summed E-state index contributed by atoms with van der Waals surface area (Å²) in [6, 6.07) is 6.00. The van der Waals surface area contributed by atoms with Crippen molar-refractivity contribution in [3.63, 3.8) is 0 Å². The smallest absolute Gasteiger partial charge is 0.237 e. The highest BCUT2D eigenvalue weighted by molar-refractivity contribution is 7.89. The van der Waals surface area contributed by atoms with Crippen molar-refractivity contribution >= 4 is 15.9 Å². The molecule has 1 amide bonds. The van der Waals surface area contributed by atoms with Crippen LogP contribution >= 0.6 is 0 Å². The minimum absolute atomic E-state index is 0.0278. The second-order valence-electron chi connectivity index (χ2n) is 12.9. The fraction of sp³-hybridized carbons (Fsp3) is 0.774. The second-order valence-corrected chi connectivity index (χ2v) is 14.9. The number of ether oxygens (including phenoxy) is 1. The maximum Gasteiger partial charge on any atom is 0.237 e. The highest BCUT2D eigenvalue weighted by atomic mass is 32.2. The lowest BCUT2D eigenvalue weighted by molar-refractivity contribution is -0.124. The molecule has 4 aliphatic rings. The zero-order valence-electron chi connectivity index (χ0n) is 24.5. The summed E-state index contributed by atoms with van der Waals surface area (Å²) in [5, 5.41) is 6.91. The van der Waals surface area contributed by atoms with E-state index in [1.807, 2.05) is 0 Å².